The van der Waals surface area contributed by atoms with Crippen LogP contribution < -0.4 is 10.6 Å². The molecule has 3 aromatic heterocycles. The number of piperidine rings is 1. The average molecular weight is 454 g/mol. The number of fused-ring (bicyclic) bond motifs is 3. The van der Waals surface area contributed by atoms with E-state index in [1.165, 1.54) is 4.52 Å². The van der Waals surface area contributed by atoms with Gasteiger partial charge in [-0.05, 0) is 18.6 Å². The molecular weight excluding hydrogens is 430 g/mol. The molecule has 2 atom stereocenters. The monoisotopic (exact) mass is 453 g/mol. The Morgan fingerprint density at radius 3 is 2.76 bits per heavy atom. The highest BCUT2D eigenvalue weighted by Gasteiger charge is 2.45. The fraction of sp³-hybridized carbons (Fsp3) is 0.292. The zero-order valence-corrected chi connectivity index (χ0v) is 18.9. The molecule has 1 aromatic carbocycles. The lowest BCUT2D eigenvalue weighted by Gasteiger charge is -2.38. The molecule has 4 aromatic rings. The Bertz CT molecular complexity index is 1500. The van der Waals surface area contributed by atoms with Crippen molar-refractivity contribution in [2.75, 3.05) is 37.8 Å². The Hall–Kier alpha value is -4.39. The highest BCUT2D eigenvalue weighted by atomic mass is 16.2. The third-order valence-corrected chi connectivity index (χ3v) is 7.12. The van der Waals surface area contributed by atoms with E-state index in [2.05, 4.69) is 27.1 Å². The van der Waals surface area contributed by atoms with E-state index in [0.717, 1.165) is 28.5 Å². The number of hydrogen-bond acceptors (Lipinski definition) is 7. The maximum Gasteiger partial charge on any atom is 0.320 e. The van der Waals surface area contributed by atoms with Crippen LogP contribution in [0.1, 0.15) is 12.0 Å². The van der Waals surface area contributed by atoms with Gasteiger partial charge in [0.15, 0.2) is 11.5 Å². The molecule has 6 rings (SSSR count). The smallest absolute Gasteiger partial charge is 0.320 e. The largest absolute Gasteiger partial charge is 0.382 e. The Morgan fingerprint density at radius 1 is 1.15 bits per heavy atom. The molecule has 0 spiro atoms. The molecule has 170 valence electrons. The maximum absolute atomic E-state index is 12.5. The first-order valence-corrected chi connectivity index (χ1v) is 11.1. The summed E-state index contributed by atoms with van der Waals surface area (Å²) in [4.78, 5) is 27.6. The third kappa shape index (κ3) is 2.80. The minimum Gasteiger partial charge on any atom is -0.382 e. The van der Waals surface area contributed by atoms with Crippen molar-refractivity contribution in [3.63, 3.8) is 0 Å². The van der Waals surface area contributed by atoms with Crippen molar-refractivity contribution >= 4 is 34.2 Å². The second kappa shape index (κ2) is 7.31. The van der Waals surface area contributed by atoms with Gasteiger partial charge in [0.2, 0.25) is 0 Å². The van der Waals surface area contributed by atoms with Crippen LogP contribution in [0.15, 0.2) is 42.7 Å². The molecule has 2 fully saturated rings. The number of carbonyl (C=O) groups excluding carboxylic acids is 1. The second-order valence-corrected chi connectivity index (χ2v) is 8.89. The fourth-order valence-electron chi connectivity index (χ4n) is 5.24. The number of benzene rings is 1. The van der Waals surface area contributed by atoms with Gasteiger partial charge >= 0.3 is 6.03 Å². The molecule has 0 radical (unpaired) electrons. The van der Waals surface area contributed by atoms with Gasteiger partial charge in [0.05, 0.1) is 23.8 Å². The second-order valence-electron chi connectivity index (χ2n) is 8.89. The summed E-state index contributed by atoms with van der Waals surface area (Å²) in [5, 5.41) is 15.4. The summed E-state index contributed by atoms with van der Waals surface area (Å²) in [6, 6.07) is 12.4. The number of nitrogens with two attached hydrogens (primary N) is 1. The molecule has 0 aliphatic carbocycles. The predicted octanol–water partition coefficient (Wildman–Crippen LogP) is 2.34. The molecule has 2 aliphatic rings. The number of para-hydroxylation sites is 1. The molecule has 34 heavy (non-hydrogen) atoms. The molecule has 10 heteroatoms. The van der Waals surface area contributed by atoms with Crippen LogP contribution in [0, 0.1) is 11.3 Å². The van der Waals surface area contributed by atoms with Gasteiger partial charge in [-0.25, -0.2) is 9.78 Å². The molecule has 10 nitrogen and oxygen atoms in total. The SMILES string of the molecule is CN1C(=O)N(C)[C@H]2CCN(c3nc4c(-c5cnc6ccccc6c5)cnn4c(N)c3C#N)C[C@H]21. The van der Waals surface area contributed by atoms with Gasteiger partial charge in [-0.3, -0.25) is 4.98 Å². The Labute approximate surface area is 195 Å². The third-order valence-electron chi connectivity index (χ3n) is 7.12. The first kappa shape index (κ1) is 20.2. The van der Waals surface area contributed by atoms with Crippen LogP contribution in [0.4, 0.5) is 16.4 Å². The van der Waals surface area contributed by atoms with E-state index in [1.54, 1.807) is 22.2 Å². The van der Waals surface area contributed by atoms with Crippen molar-refractivity contribution in [3.05, 3.63) is 48.3 Å². The number of nitrogens with zero attached hydrogens (tertiary/aromatic N) is 8. The highest BCUT2D eigenvalue weighted by Crippen LogP contribution is 2.34. The van der Waals surface area contributed by atoms with Gasteiger partial charge in [0.1, 0.15) is 17.5 Å². The summed E-state index contributed by atoms with van der Waals surface area (Å²) < 4.78 is 1.51. The number of nitrogen functional groups attached to an aromatic ring is 1. The van der Waals surface area contributed by atoms with Gasteiger partial charge < -0.3 is 20.4 Å². The number of likely N-dealkylation sites (N-methyl/N-ethyl adjacent to an activating group) is 2. The van der Waals surface area contributed by atoms with E-state index in [0.29, 0.717) is 24.6 Å². The summed E-state index contributed by atoms with van der Waals surface area (Å²) in [6.45, 7) is 1.25. The normalized spacial score (nSPS) is 20.3. The molecule has 2 amide bonds. The van der Waals surface area contributed by atoms with Crippen molar-refractivity contribution in [1.29, 1.82) is 5.26 Å². The Balaban J connectivity index is 1.46. The summed E-state index contributed by atoms with van der Waals surface area (Å²) >= 11 is 0. The lowest BCUT2D eigenvalue weighted by molar-refractivity contribution is 0.200. The van der Waals surface area contributed by atoms with Crippen LogP contribution in [0.3, 0.4) is 0 Å². The zero-order chi connectivity index (χ0) is 23.6. The van der Waals surface area contributed by atoms with Gasteiger partial charge in [0, 0.05) is 49.9 Å². The van der Waals surface area contributed by atoms with Crippen LogP contribution in [0.5, 0.6) is 0 Å². The Kier molecular flexibility index (Phi) is 4.35. The van der Waals surface area contributed by atoms with Crippen LogP contribution in [-0.4, -0.2) is 74.7 Å². The summed E-state index contributed by atoms with van der Waals surface area (Å²) in [6.07, 6.45) is 4.30. The molecule has 5 heterocycles. The number of hydrogen-bond donors (Lipinski definition) is 1. The predicted molar refractivity (Wildman–Crippen MR) is 128 cm³/mol. The van der Waals surface area contributed by atoms with E-state index < -0.39 is 0 Å². The zero-order valence-electron chi connectivity index (χ0n) is 18.9. The number of carbonyl (C=O) groups is 1. The topological polar surface area (TPSA) is 120 Å². The first-order chi connectivity index (χ1) is 16.5. The molecule has 0 saturated carbocycles. The number of rotatable bonds is 2. The first-order valence-electron chi connectivity index (χ1n) is 11.1. The lowest BCUT2D eigenvalue weighted by atomic mass is 9.99. The molecule has 0 unspecified atom stereocenters. The van der Waals surface area contributed by atoms with E-state index in [-0.39, 0.29) is 29.5 Å². The van der Waals surface area contributed by atoms with E-state index >= 15 is 0 Å². The van der Waals surface area contributed by atoms with E-state index in [9.17, 15) is 10.1 Å². The van der Waals surface area contributed by atoms with Crippen LogP contribution >= 0.6 is 0 Å². The maximum atomic E-state index is 12.5. The quantitative estimate of drug-likeness (QED) is 0.495. The van der Waals surface area contributed by atoms with Crippen molar-refractivity contribution in [1.82, 2.24) is 29.4 Å². The van der Waals surface area contributed by atoms with Crippen LogP contribution in [0.25, 0.3) is 27.7 Å². The van der Waals surface area contributed by atoms with E-state index in [1.807, 2.05) is 38.4 Å². The van der Waals surface area contributed by atoms with Crippen LogP contribution in [-0.2, 0) is 0 Å². The molecule has 2 aliphatic heterocycles. The van der Waals surface area contributed by atoms with Crippen LogP contribution in [0.2, 0.25) is 0 Å². The standard InChI is InChI=1S/C24H23N9O/c1-30-19-7-8-32(13-20(19)31(2)24(30)34)22-16(10-25)21(26)33-23(29-22)17(12-28-33)15-9-14-5-3-4-6-18(14)27-11-15/h3-6,9,11-12,19-20H,7-8,13,26H2,1-2H3/t19-,20+/m0/s1. The van der Waals surface area contributed by atoms with Gasteiger partial charge in [-0.1, -0.05) is 18.2 Å². The number of urea groups is 1. The number of pyridine rings is 1. The fourth-order valence-corrected chi connectivity index (χ4v) is 5.24. The highest BCUT2D eigenvalue weighted by molar-refractivity contribution is 5.88. The minimum atomic E-state index is 0.0159. The Morgan fingerprint density at radius 2 is 1.94 bits per heavy atom. The van der Waals surface area contributed by atoms with E-state index in [4.69, 9.17) is 10.7 Å². The number of anilines is 2. The van der Waals surface area contributed by atoms with Crippen molar-refractivity contribution in [3.8, 4) is 17.2 Å². The summed E-state index contributed by atoms with van der Waals surface area (Å²) in [5.41, 5.74) is 9.85. The minimum absolute atomic E-state index is 0.0159. The number of amides is 2. The summed E-state index contributed by atoms with van der Waals surface area (Å²) in [5.74, 6) is 0.773. The number of nitriles is 1. The number of aromatic nitrogens is 4. The molecule has 0 bridgehead atoms. The summed E-state index contributed by atoms with van der Waals surface area (Å²) in [7, 11) is 3.67. The average Bonchev–Trinajstić information content (AvgIpc) is 3.39. The van der Waals surface area contributed by atoms with Crippen molar-refractivity contribution in [2.24, 2.45) is 0 Å². The van der Waals surface area contributed by atoms with Gasteiger partial charge in [0.25, 0.3) is 0 Å². The van der Waals surface area contributed by atoms with Crippen molar-refractivity contribution < 1.29 is 4.79 Å². The molecule has 2 N–H and O–H groups in total. The molecule has 2 saturated heterocycles. The molecular formula is C24H23N9O. The van der Waals surface area contributed by atoms with Crippen molar-refractivity contribution in [2.45, 2.75) is 18.5 Å². The lowest BCUT2D eigenvalue weighted by Crippen LogP contribution is -2.51. The van der Waals surface area contributed by atoms with Gasteiger partial charge in [-0.2, -0.15) is 14.9 Å². The van der Waals surface area contributed by atoms with Gasteiger partial charge in [-0.15, -0.1) is 0 Å².